The van der Waals surface area contributed by atoms with Crippen molar-refractivity contribution in [2.24, 2.45) is 5.73 Å². The third-order valence-electron chi connectivity index (χ3n) is 2.14. The first-order chi connectivity index (χ1) is 8.79. The molecule has 0 spiro atoms. The standard InChI is InChI=1S/C12H15BrF3NO2/c1-8(17)5-9-3-2-4-10(13)11(9)19-7-18-6-12(14,15)16/h2-4,8H,5-7,17H2,1H3. The zero-order valence-electron chi connectivity index (χ0n) is 10.3. The number of para-hydroxylation sites is 1. The van der Waals surface area contributed by atoms with E-state index in [4.69, 9.17) is 10.5 Å². The number of nitrogens with two attached hydrogens (primary N) is 1. The molecule has 0 aliphatic heterocycles. The molecule has 0 heterocycles. The van der Waals surface area contributed by atoms with Crippen molar-refractivity contribution < 1.29 is 22.6 Å². The first kappa shape index (κ1) is 16.3. The van der Waals surface area contributed by atoms with E-state index in [1.807, 2.05) is 19.1 Å². The normalized spacial score (nSPS) is 13.4. The van der Waals surface area contributed by atoms with Gasteiger partial charge in [-0.1, -0.05) is 12.1 Å². The molecule has 0 saturated carbocycles. The van der Waals surface area contributed by atoms with Crippen LogP contribution in [0.2, 0.25) is 0 Å². The van der Waals surface area contributed by atoms with Crippen LogP contribution in [0.4, 0.5) is 13.2 Å². The summed E-state index contributed by atoms with van der Waals surface area (Å²) in [6.07, 6.45) is -3.79. The Morgan fingerprint density at radius 2 is 2.05 bits per heavy atom. The molecule has 19 heavy (non-hydrogen) atoms. The molecule has 1 unspecified atom stereocenters. The fourth-order valence-corrected chi connectivity index (χ4v) is 2.00. The molecule has 3 nitrogen and oxygen atoms in total. The van der Waals surface area contributed by atoms with Crippen LogP contribution >= 0.6 is 15.9 Å². The van der Waals surface area contributed by atoms with Crippen LogP contribution in [0.1, 0.15) is 12.5 Å². The highest BCUT2D eigenvalue weighted by molar-refractivity contribution is 9.10. The van der Waals surface area contributed by atoms with Crippen LogP contribution in [-0.4, -0.2) is 25.6 Å². The van der Waals surface area contributed by atoms with E-state index < -0.39 is 19.6 Å². The van der Waals surface area contributed by atoms with E-state index in [9.17, 15) is 13.2 Å². The molecule has 0 bridgehead atoms. The maximum Gasteiger partial charge on any atom is 0.411 e. The molecule has 1 atom stereocenters. The predicted molar refractivity (Wildman–Crippen MR) is 69.0 cm³/mol. The SMILES string of the molecule is CC(N)Cc1cccc(Br)c1OCOCC(F)(F)F. The third-order valence-corrected chi connectivity index (χ3v) is 2.77. The molecule has 0 aromatic heterocycles. The number of hydrogen-bond donors (Lipinski definition) is 1. The first-order valence-electron chi connectivity index (χ1n) is 5.60. The Kier molecular flexibility index (Phi) is 6.09. The zero-order valence-corrected chi connectivity index (χ0v) is 11.9. The summed E-state index contributed by atoms with van der Waals surface area (Å²) in [4.78, 5) is 0. The molecule has 1 aromatic carbocycles. The minimum Gasteiger partial charge on any atom is -0.466 e. The van der Waals surface area contributed by atoms with E-state index in [0.29, 0.717) is 16.6 Å². The lowest BCUT2D eigenvalue weighted by Crippen LogP contribution is -2.20. The minimum absolute atomic E-state index is 0.0762. The Labute approximate surface area is 118 Å². The van der Waals surface area contributed by atoms with Crippen molar-refractivity contribution in [1.82, 2.24) is 0 Å². The summed E-state index contributed by atoms with van der Waals surface area (Å²) >= 11 is 3.29. The van der Waals surface area contributed by atoms with Crippen molar-refractivity contribution in [3.63, 3.8) is 0 Å². The number of alkyl halides is 3. The maximum atomic E-state index is 11.9. The van der Waals surface area contributed by atoms with Crippen LogP contribution in [0.3, 0.4) is 0 Å². The molecule has 0 fully saturated rings. The van der Waals surface area contributed by atoms with Gasteiger partial charge in [0.25, 0.3) is 0 Å². The van der Waals surface area contributed by atoms with Gasteiger partial charge in [0.15, 0.2) is 6.79 Å². The summed E-state index contributed by atoms with van der Waals surface area (Å²) in [7, 11) is 0. The lowest BCUT2D eigenvalue weighted by molar-refractivity contribution is -0.186. The topological polar surface area (TPSA) is 44.5 Å². The van der Waals surface area contributed by atoms with Crippen LogP contribution in [0, 0.1) is 0 Å². The molecular formula is C12H15BrF3NO2. The number of rotatable bonds is 6. The Hall–Kier alpha value is -0.790. The predicted octanol–water partition coefficient (Wildman–Crippen LogP) is 3.25. The summed E-state index contributed by atoms with van der Waals surface area (Å²) in [5.41, 5.74) is 6.52. The van der Waals surface area contributed by atoms with E-state index in [2.05, 4.69) is 20.7 Å². The molecule has 1 rings (SSSR count). The Balaban J connectivity index is 2.61. The molecule has 7 heteroatoms. The van der Waals surface area contributed by atoms with Crippen molar-refractivity contribution in [1.29, 1.82) is 0 Å². The van der Waals surface area contributed by atoms with Crippen molar-refractivity contribution in [2.75, 3.05) is 13.4 Å². The third kappa shape index (κ3) is 6.26. The van der Waals surface area contributed by atoms with Gasteiger partial charge < -0.3 is 15.2 Å². The Bertz CT molecular complexity index is 410. The summed E-state index contributed by atoms with van der Waals surface area (Å²) in [6, 6.07) is 5.29. The van der Waals surface area contributed by atoms with Gasteiger partial charge in [0.2, 0.25) is 0 Å². The van der Waals surface area contributed by atoms with Crippen molar-refractivity contribution >= 4 is 15.9 Å². The van der Waals surface area contributed by atoms with Crippen LogP contribution in [0.25, 0.3) is 0 Å². The highest BCUT2D eigenvalue weighted by Crippen LogP contribution is 2.30. The molecular weight excluding hydrogens is 327 g/mol. The van der Waals surface area contributed by atoms with Crippen molar-refractivity contribution in [3.05, 3.63) is 28.2 Å². The number of ether oxygens (including phenoxy) is 2. The van der Waals surface area contributed by atoms with Crippen LogP contribution in [0.5, 0.6) is 5.75 Å². The molecule has 0 saturated heterocycles. The molecule has 0 aliphatic carbocycles. The van der Waals surface area contributed by atoms with E-state index in [1.165, 1.54) is 0 Å². The molecule has 2 N–H and O–H groups in total. The second kappa shape index (κ2) is 7.12. The Morgan fingerprint density at radius 3 is 2.63 bits per heavy atom. The largest absolute Gasteiger partial charge is 0.466 e. The summed E-state index contributed by atoms with van der Waals surface area (Å²) in [5, 5.41) is 0. The van der Waals surface area contributed by atoms with E-state index >= 15 is 0 Å². The molecule has 0 aliphatic rings. The van der Waals surface area contributed by atoms with E-state index in [0.717, 1.165) is 5.56 Å². The summed E-state index contributed by atoms with van der Waals surface area (Å²) in [5.74, 6) is 0.460. The second-order valence-corrected chi connectivity index (χ2v) is 4.99. The monoisotopic (exact) mass is 341 g/mol. The number of benzene rings is 1. The van der Waals surface area contributed by atoms with Crippen molar-refractivity contribution in [3.8, 4) is 5.75 Å². The molecule has 108 valence electrons. The lowest BCUT2D eigenvalue weighted by atomic mass is 10.1. The lowest BCUT2D eigenvalue weighted by Gasteiger charge is -2.15. The molecule has 1 aromatic rings. The summed E-state index contributed by atoms with van der Waals surface area (Å²) < 4.78 is 46.0. The Morgan fingerprint density at radius 1 is 1.37 bits per heavy atom. The number of hydrogen-bond acceptors (Lipinski definition) is 3. The van der Waals surface area contributed by atoms with Gasteiger partial charge in [0.1, 0.15) is 12.4 Å². The van der Waals surface area contributed by atoms with Gasteiger partial charge in [0, 0.05) is 6.04 Å². The van der Waals surface area contributed by atoms with Gasteiger partial charge >= 0.3 is 6.18 Å². The quantitative estimate of drug-likeness (QED) is 0.638. The first-order valence-corrected chi connectivity index (χ1v) is 6.39. The molecule has 0 amide bonds. The average Bonchev–Trinajstić information content (AvgIpc) is 2.25. The van der Waals surface area contributed by atoms with Gasteiger partial charge in [-0.05, 0) is 40.9 Å². The van der Waals surface area contributed by atoms with Gasteiger partial charge in [-0.3, -0.25) is 0 Å². The zero-order chi connectivity index (χ0) is 14.5. The smallest absolute Gasteiger partial charge is 0.411 e. The highest BCUT2D eigenvalue weighted by Gasteiger charge is 2.27. The van der Waals surface area contributed by atoms with E-state index in [1.54, 1.807) is 6.07 Å². The molecule has 0 radical (unpaired) electrons. The highest BCUT2D eigenvalue weighted by atomic mass is 79.9. The van der Waals surface area contributed by atoms with Crippen molar-refractivity contribution in [2.45, 2.75) is 25.6 Å². The number of halogens is 4. The van der Waals surface area contributed by atoms with Gasteiger partial charge in [-0.15, -0.1) is 0 Å². The van der Waals surface area contributed by atoms with Gasteiger partial charge in [-0.2, -0.15) is 13.2 Å². The minimum atomic E-state index is -4.36. The summed E-state index contributed by atoms with van der Waals surface area (Å²) in [6.45, 7) is 0.0407. The second-order valence-electron chi connectivity index (χ2n) is 4.14. The van der Waals surface area contributed by atoms with Crippen LogP contribution < -0.4 is 10.5 Å². The maximum absolute atomic E-state index is 11.9. The van der Waals surface area contributed by atoms with Crippen LogP contribution in [-0.2, 0) is 11.2 Å². The van der Waals surface area contributed by atoms with E-state index in [-0.39, 0.29) is 6.04 Å². The van der Waals surface area contributed by atoms with Gasteiger partial charge in [0.05, 0.1) is 4.47 Å². The average molecular weight is 342 g/mol. The fourth-order valence-electron chi connectivity index (χ4n) is 1.48. The fraction of sp³-hybridized carbons (Fsp3) is 0.500. The van der Waals surface area contributed by atoms with Gasteiger partial charge in [-0.25, -0.2) is 0 Å². The van der Waals surface area contributed by atoms with Crippen LogP contribution in [0.15, 0.2) is 22.7 Å².